The fourth-order valence-electron chi connectivity index (χ4n) is 1.63. The van der Waals surface area contributed by atoms with Gasteiger partial charge < -0.3 is 14.7 Å². The Morgan fingerprint density at radius 2 is 2.25 bits per heavy atom. The summed E-state index contributed by atoms with van der Waals surface area (Å²) >= 11 is 0. The van der Waals surface area contributed by atoms with E-state index in [1.165, 1.54) is 4.90 Å². The zero-order valence-corrected chi connectivity index (χ0v) is 9.99. The van der Waals surface area contributed by atoms with E-state index in [4.69, 9.17) is 10.00 Å². The van der Waals surface area contributed by atoms with Crippen molar-refractivity contribution in [2.24, 2.45) is 0 Å². The molecule has 1 N–H and O–H groups in total. The minimum atomic E-state index is -1.06. The predicted molar refractivity (Wildman–Crippen MR) is 57.6 cm³/mol. The second kappa shape index (κ2) is 4.30. The molecule has 0 aromatic rings. The summed E-state index contributed by atoms with van der Waals surface area (Å²) in [6, 6.07) is 1.93. The predicted octanol–water partition coefficient (Wildman–Crippen LogP) is 1.27. The third-order valence-electron chi connectivity index (χ3n) is 2.39. The van der Waals surface area contributed by atoms with E-state index in [0.29, 0.717) is 13.0 Å². The minimum absolute atomic E-state index is 0.0479. The zero-order chi connectivity index (χ0) is 12.4. The standard InChI is InChI=1S/C11H18N2O3/c1-10(2,3)16-9(14)13-7-5-11(15,8-13)4-6-12/h15H,4-5,7-8H2,1-3H3. The molecular weight excluding hydrogens is 208 g/mol. The van der Waals surface area contributed by atoms with E-state index < -0.39 is 17.3 Å². The highest BCUT2D eigenvalue weighted by molar-refractivity contribution is 5.68. The molecule has 0 aliphatic carbocycles. The molecule has 1 unspecified atom stereocenters. The second-order valence-corrected chi connectivity index (χ2v) is 5.21. The first-order valence-electron chi connectivity index (χ1n) is 5.33. The van der Waals surface area contributed by atoms with Crippen molar-refractivity contribution in [2.75, 3.05) is 13.1 Å². The summed E-state index contributed by atoms with van der Waals surface area (Å²) in [5, 5.41) is 18.5. The molecule has 5 heteroatoms. The van der Waals surface area contributed by atoms with Crippen LogP contribution in [0.5, 0.6) is 0 Å². The number of hydrogen-bond acceptors (Lipinski definition) is 4. The van der Waals surface area contributed by atoms with Crippen molar-refractivity contribution in [3.63, 3.8) is 0 Å². The first-order chi connectivity index (χ1) is 7.26. The number of nitriles is 1. The summed E-state index contributed by atoms with van der Waals surface area (Å²) in [7, 11) is 0. The van der Waals surface area contributed by atoms with Crippen LogP contribution in [0.25, 0.3) is 0 Å². The van der Waals surface area contributed by atoms with E-state index in [1.54, 1.807) is 20.8 Å². The van der Waals surface area contributed by atoms with E-state index >= 15 is 0 Å². The number of carbonyl (C=O) groups is 1. The molecule has 16 heavy (non-hydrogen) atoms. The average Bonchev–Trinajstić information content (AvgIpc) is 2.45. The molecule has 1 fully saturated rings. The Bertz CT molecular complexity index is 316. The fraction of sp³-hybridized carbons (Fsp3) is 0.818. The first-order valence-corrected chi connectivity index (χ1v) is 5.33. The van der Waals surface area contributed by atoms with Crippen molar-refractivity contribution in [3.8, 4) is 6.07 Å². The molecule has 5 nitrogen and oxygen atoms in total. The normalized spacial score (nSPS) is 25.3. The Kier molecular flexibility index (Phi) is 3.44. The highest BCUT2D eigenvalue weighted by Crippen LogP contribution is 2.25. The molecular formula is C11H18N2O3. The van der Waals surface area contributed by atoms with Gasteiger partial charge in [-0.3, -0.25) is 0 Å². The lowest BCUT2D eigenvalue weighted by atomic mass is 10.0. The van der Waals surface area contributed by atoms with Gasteiger partial charge in [0.05, 0.1) is 24.6 Å². The van der Waals surface area contributed by atoms with E-state index in [0.717, 1.165) is 0 Å². The van der Waals surface area contributed by atoms with Crippen molar-refractivity contribution in [2.45, 2.75) is 44.8 Å². The van der Waals surface area contributed by atoms with Crippen LogP contribution in [-0.4, -0.2) is 40.4 Å². The molecule has 1 atom stereocenters. The number of likely N-dealkylation sites (tertiary alicyclic amines) is 1. The topological polar surface area (TPSA) is 73.6 Å². The number of amides is 1. The molecule has 1 aliphatic heterocycles. The van der Waals surface area contributed by atoms with Gasteiger partial charge in [-0.1, -0.05) is 0 Å². The summed E-state index contributed by atoms with van der Waals surface area (Å²) in [5.74, 6) is 0. The summed E-state index contributed by atoms with van der Waals surface area (Å²) in [6.45, 7) is 6.00. The van der Waals surface area contributed by atoms with Gasteiger partial charge in [0, 0.05) is 6.54 Å². The lowest BCUT2D eigenvalue weighted by Gasteiger charge is -2.25. The number of β-amino-alcohol motifs (C(OH)–C–C–N with tert-alkyl or cyclic N) is 1. The highest BCUT2D eigenvalue weighted by Gasteiger charge is 2.39. The molecule has 0 saturated carbocycles. The Morgan fingerprint density at radius 1 is 1.62 bits per heavy atom. The molecule has 1 heterocycles. The molecule has 0 radical (unpaired) electrons. The molecule has 0 spiro atoms. The Labute approximate surface area is 95.6 Å². The second-order valence-electron chi connectivity index (χ2n) is 5.21. The van der Waals surface area contributed by atoms with Crippen LogP contribution in [0.2, 0.25) is 0 Å². The zero-order valence-electron chi connectivity index (χ0n) is 9.99. The SMILES string of the molecule is CC(C)(C)OC(=O)N1CCC(O)(CC#N)C1. The maximum absolute atomic E-state index is 11.7. The van der Waals surface area contributed by atoms with Crippen molar-refractivity contribution in [3.05, 3.63) is 0 Å². The van der Waals surface area contributed by atoms with Gasteiger partial charge in [-0.15, -0.1) is 0 Å². The van der Waals surface area contributed by atoms with Gasteiger partial charge in [0.15, 0.2) is 0 Å². The summed E-state index contributed by atoms with van der Waals surface area (Å²) in [4.78, 5) is 13.1. The molecule has 1 amide bonds. The van der Waals surface area contributed by atoms with Crippen LogP contribution in [0.1, 0.15) is 33.6 Å². The van der Waals surface area contributed by atoms with E-state index in [-0.39, 0.29) is 13.0 Å². The van der Waals surface area contributed by atoms with E-state index in [9.17, 15) is 9.90 Å². The van der Waals surface area contributed by atoms with Crippen molar-refractivity contribution in [1.82, 2.24) is 4.90 Å². The summed E-state index contributed by atoms with van der Waals surface area (Å²) in [6.07, 6.45) is 0.0490. The van der Waals surface area contributed by atoms with Crippen molar-refractivity contribution in [1.29, 1.82) is 5.26 Å². The minimum Gasteiger partial charge on any atom is -0.444 e. The van der Waals surface area contributed by atoms with E-state index in [1.807, 2.05) is 6.07 Å². The van der Waals surface area contributed by atoms with Crippen molar-refractivity contribution >= 4 is 6.09 Å². The van der Waals surface area contributed by atoms with Crippen LogP contribution < -0.4 is 0 Å². The maximum Gasteiger partial charge on any atom is 0.410 e. The average molecular weight is 226 g/mol. The van der Waals surface area contributed by atoms with E-state index in [2.05, 4.69) is 0 Å². The van der Waals surface area contributed by atoms with Crippen molar-refractivity contribution < 1.29 is 14.6 Å². The first kappa shape index (κ1) is 12.8. The number of carbonyl (C=O) groups excluding carboxylic acids is 1. The van der Waals surface area contributed by atoms with Crippen LogP contribution in [0.3, 0.4) is 0 Å². The molecule has 1 saturated heterocycles. The van der Waals surface area contributed by atoms with Crippen LogP contribution >= 0.6 is 0 Å². The third-order valence-corrected chi connectivity index (χ3v) is 2.39. The quantitative estimate of drug-likeness (QED) is 0.730. The maximum atomic E-state index is 11.7. The fourth-order valence-corrected chi connectivity index (χ4v) is 1.63. The van der Waals surface area contributed by atoms with Gasteiger partial charge in [0.2, 0.25) is 0 Å². The van der Waals surface area contributed by atoms with Crippen LogP contribution in [0.4, 0.5) is 4.79 Å². The summed E-state index contributed by atoms with van der Waals surface area (Å²) < 4.78 is 5.19. The number of ether oxygens (including phenoxy) is 1. The number of nitrogens with zero attached hydrogens (tertiary/aromatic N) is 2. The van der Waals surface area contributed by atoms with Gasteiger partial charge in [0.25, 0.3) is 0 Å². The molecule has 0 aromatic carbocycles. The van der Waals surface area contributed by atoms with Crippen LogP contribution in [0, 0.1) is 11.3 Å². The molecule has 1 rings (SSSR count). The Morgan fingerprint density at radius 3 is 2.75 bits per heavy atom. The lowest BCUT2D eigenvalue weighted by Crippen LogP contribution is -2.39. The van der Waals surface area contributed by atoms with Gasteiger partial charge in [-0.05, 0) is 27.2 Å². The molecule has 1 aliphatic rings. The number of aliphatic hydroxyl groups is 1. The Balaban J connectivity index is 2.54. The molecule has 0 bridgehead atoms. The third kappa shape index (κ3) is 3.38. The monoisotopic (exact) mass is 226 g/mol. The summed E-state index contributed by atoms with van der Waals surface area (Å²) in [5.41, 5.74) is -1.60. The molecule has 90 valence electrons. The van der Waals surface area contributed by atoms with Gasteiger partial charge >= 0.3 is 6.09 Å². The largest absolute Gasteiger partial charge is 0.444 e. The lowest BCUT2D eigenvalue weighted by molar-refractivity contribution is 0.0164. The highest BCUT2D eigenvalue weighted by atomic mass is 16.6. The van der Waals surface area contributed by atoms with Crippen LogP contribution in [0.15, 0.2) is 0 Å². The molecule has 0 aromatic heterocycles. The number of hydrogen-bond donors (Lipinski definition) is 1. The Hall–Kier alpha value is -1.28. The van der Waals surface area contributed by atoms with Gasteiger partial charge in [-0.25, -0.2) is 4.79 Å². The van der Waals surface area contributed by atoms with Gasteiger partial charge in [0.1, 0.15) is 5.60 Å². The van der Waals surface area contributed by atoms with Gasteiger partial charge in [-0.2, -0.15) is 5.26 Å². The smallest absolute Gasteiger partial charge is 0.410 e. The number of rotatable bonds is 1. The van der Waals surface area contributed by atoms with Crippen LogP contribution in [-0.2, 0) is 4.74 Å².